The average Bonchev–Trinajstić information content (AvgIpc) is 3.29. The van der Waals surface area contributed by atoms with Crippen LogP contribution in [0.5, 0.6) is 0 Å². The molecule has 6 nitrogen and oxygen atoms in total. The number of anilines is 1. The molecule has 138 valence electrons. The maximum atomic E-state index is 13.0. The number of rotatable bonds is 4. The highest BCUT2D eigenvalue weighted by Crippen LogP contribution is 2.22. The first-order chi connectivity index (χ1) is 13.1. The standard InChI is InChI=1S/C21H22N4O2/c1-14-11-12-17-23-19(24-20(26)15-7-3-2-4-8-15)18(25(17)13-14)21(27)22-16-9-5-6-10-16/h2-4,7-8,11-13,16H,5-6,9-10H2,1H3,(H,22,27)(H,24,26). The normalized spacial score (nSPS) is 14.4. The van der Waals surface area contributed by atoms with Crippen LogP contribution in [-0.4, -0.2) is 27.2 Å². The molecule has 2 amide bonds. The Kier molecular flexibility index (Phi) is 4.62. The van der Waals surface area contributed by atoms with Crippen molar-refractivity contribution in [3.8, 4) is 0 Å². The van der Waals surface area contributed by atoms with E-state index >= 15 is 0 Å². The third kappa shape index (κ3) is 3.56. The number of fused-ring (bicyclic) bond motifs is 1. The number of pyridine rings is 1. The fourth-order valence-electron chi connectivity index (χ4n) is 3.55. The van der Waals surface area contributed by atoms with Gasteiger partial charge in [0, 0.05) is 17.8 Å². The Hall–Kier alpha value is -3.15. The molecule has 0 atom stereocenters. The number of aromatic nitrogens is 2. The van der Waals surface area contributed by atoms with E-state index < -0.39 is 0 Å². The van der Waals surface area contributed by atoms with Crippen molar-refractivity contribution in [3.05, 3.63) is 65.5 Å². The number of amides is 2. The fourth-order valence-corrected chi connectivity index (χ4v) is 3.55. The van der Waals surface area contributed by atoms with Gasteiger partial charge in [0.2, 0.25) is 0 Å². The van der Waals surface area contributed by atoms with Gasteiger partial charge in [0.25, 0.3) is 11.8 Å². The molecule has 1 aliphatic carbocycles. The summed E-state index contributed by atoms with van der Waals surface area (Å²) in [5, 5.41) is 5.91. The lowest BCUT2D eigenvalue weighted by atomic mass is 10.2. The topological polar surface area (TPSA) is 75.5 Å². The van der Waals surface area contributed by atoms with E-state index in [0.717, 1.165) is 31.2 Å². The van der Waals surface area contributed by atoms with Gasteiger partial charge in [-0.25, -0.2) is 4.98 Å². The van der Waals surface area contributed by atoms with Crippen molar-refractivity contribution >= 4 is 23.3 Å². The Labute approximate surface area is 157 Å². The van der Waals surface area contributed by atoms with Crippen LogP contribution in [-0.2, 0) is 0 Å². The van der Waals surface area contributed by atoms with Crippen LogP contribution in [0.15, 0.2) is 48.7 Å². The quantitative estimate of drug-likeness (QED) is 0.745. The molecule has 2 heterocycles. The first-order valence-electron chi connectivity index (χ1n) is 9.28. The number of nitrogens with zero attached hydrogens (tertiary/aromatic N) is 2. The van der Waals surface area contributed by atoms with E-state index in [0.29, 0.717) is 16.9 Å². The molecular weight excluding hydrogens is 340 g/mol. The number of hydrogen-bond donors (Lipinski definition) is 2. The lowest BCUT2D eigenvalue weighted by molar-refractivity contribution is 0.0933. The summed E-state index contributed by atoms with van der Waals surface area (Å²) in [7, 11) is 0. The van der Waals surface area contributed by atoms with E-state index in [1.165, 1.54) is 0 Å². The van der Waals surface area contributed by atoms with E-state index in [2.05, 4.69) is 15.6 Å². The molecule has 2 N–H and O–H groups in total. The summed E-state index contributed by atoms with van der Waals surface area (Å²) in [5.74, 6) is -0.209. The second-order valence-electron chi connectivity index (χ2n) is 7.02. The number of carbonyl (C=O) groups is 2. The zero-order valence-corrected chi connectivity index (χ0v) is 15.2. The molecule has 1 aromatic carbocycles. The van der Waals surface area contributed by atoms with E-state index in [-0.39, 0.29) is 23.7 Å². The highest BCUT2D eigenvalue weighted by molar-refractivity contribution is 6.08. The van der Waals surface area contributed by atoms with E-state index in [9.17, 15) is 9.59 Å². The predicted octanol–water partition coefficient (Wildman–Crippen LogP) is 3.57. The Balaban J connectivity index is 1.70. The Bertz CT molecular complexity index is 988. The van der Waals surface area contributed by atoms with Crippen LogP contribution in [0.3, 0.4) is 0 Å². The Morgan fingerprint density at radius 1 is 1.04 bits per heavy atom. The number of aryl methyl sites for hydroxylation is 1. The lowest BCUT2D eigenvalue weighted by Gasteiger charge is -2.13. The zero-order chi connectivity index (χ0) is 18.8. The molecule has 0 aliphatic heterocycles. The molecule has 0 saturated heterocycles. The van der Waals surface area contributed by atoms with Gasteiger partial charge in [-0.15, -0.1) is 0 Å². The largest absolute Gasteiger partial charge is 0.348 e. The minimum absolute atomic E-state index is 0.186. The van der Waals surface area contributed by atoms with Crippen LogP contribution in [0, 0.1) is 6.92 Å². The molecule has 1 aliphatic rings. The molecule has 3 aromatic rings. The summed E-state index contributed by atoms with van der Waals surface area (Å²) in [6.07, 6.45) is 6.12. The SMILES string of the molecule is Cc1ccc2nc(NC(=O)c3ccccc3)c(C(=O)NC3CCCC3)n2c1. The molecule has 4 rings (SSSR count). The maximum Gasteiger partial charge on any atom is 0.272 e. The molecule has 6 heteroatoms. The highest BCUT2D eigenvalue weighted by atomic mass is 16.2. The fraction of sp³-hybridized carbons (Fsp3) is 0.286. The molecule has 1 saturated carbocycles. The lowest BCUT2D eigenvalue weighted by Crippen LogP contribution is -2.34. The zero-order valence-electron chi connectivity index (χ0n) is 15.2. The van der Waals surface area contributed by atoms with Crippen LogP contribution in [0.1, 0.15) is 52.1 Å². The average molecular weight is 362 g/mol. The van der Waals surface area contributed by atoms with Gasteiger partial charge in [-0.1, -0.05) is 37.1 Å². The summed E-state index contributed by atoms with van der Waals surface area (Å²) in [6, 6.07) is 12.9. The number of hydrogen-bond acceptors (Lipinski definition) is 3. The van der Waals surface area contributed by atoms with Gasteiger partial charge < -0.3 is 10.6 Å². The number of nitrogens with one attached hydrogen (secondary N) is 2. The highest BCUT2D eigenvalue weighted by Gasteiger charge is 2.25. The molecule has 2 aromatic heterocycles. The molecule has 0 spiro atoms. The predicted molar refractivity (Wildman–Crippen MR) is 104 cm³/mol. The number of imidazole rings is 1. The van der Waals surface area contributed by atoms with Gasteiger partial charge in [-0.05, 0) is 43.5 Å². The van der Waals surface area contributed by atoms with Gasteiger partial charge in [0.15, 0.2) is 11.5 Å². The minimum atomic E-state index is -0.286. The first kappa shape index (κ1) is 17.3. The van der Waals surface area contributed by atoms with Gasteiger partial charge in [-0.3, -0.25) is 14.0 Å². The molecule has 27 heavy (non-hydrogen) atoms. The van der Waals surface area contributed by atoms with E-state index in [1.54, 1.807) is 28.7 Å². The molecule has 0 unspecified atom stereocenters. The summed E-state index contributed by atoms with van der Waals surface area (Å²) in [6.45, 7) is 1.96. The van der Waals surface area contributed by atoms with Crippen molar-refractivity contribution < 1.29 is 9.59 Å². The number of benzene rings is 1. The van der Waals surface area contributed by atoms with Crippen molar-refractivity contribution in [2.75, 3.05) is 5.32 Å². The smallest absolute Gasteiger partial charge is 0.272 e. The maximum absolute atomic E-state index is 13.0. The van der Waals surface area contributed by atoms with Crippen molar-refractivity contribution in [2.24, 2.45) is 0 Å². The summed E-state index contributed by atoms with van der Waals surface area (Å²) in [5.41, 5.74) is 2.52. The molecule has 0 radical (unpaired) electrons. The summed E-state index contributed by atoms with van der Waals surface area (Å²) in [4.78, 5) is 30.1. The van der Waals surface area contributed by atoms with Gasteiger partial charge in [-0.2, -0.15) is 0 Å². The third-order valence-electron chi connectivity index (χ3n) is 4.94. The molecular formula is C21H22N4O2. The summed E-state index contributed by atoms with van der Waals surface area (Å²) < 4.78 is 1.75. The van der Waals surface area contributed by atoms with Crippen LogP contribution in [0.4, 0.5) is 5.82 Å². The van der Waals surface area contributed by atoms with Crippen molar-refractivity contribution in [3.63, 3.8) is 0 Å². The van der Waals surface area contributed by atoms with Crippen molar-refractivity contribution in [1.82, 2.24) is 14.7 Å². The monoisotopic (exact) mass is 362 g/mol. The Morgan fingerprint density at radius 2 is 1.78 bits per heavy atom. The van der Waals surface area contributed by atoms with Gasteiger partial charge in [0.1, 0.15) is 5.65 Å². The second-order valence-corrected chi connectivity index (χ2v) is 7.02. The van der Waals surface area contributed by atoms with E-state index in [1.807, 2.05) is 31.3 Å². The van der Waals surface area contributed by atoms with E-state index in [4.69, 9.17) is 0 Å². The van der Waals surface area contributed by atoms with Gasteiger partial charge >= 0.3 is 0 Å². The Morgan fingerprint density at radius 3 is 2.52 bits per heavy atom. The van der Waals surface area contributed by atoms with Gasteiger partial charge in [0.05, 0.1) is 0 Å². The molecule has 0 bridgehead atoms. The van der Waals surface area contributed by atoms with Crippen molar-refractivity contribution in [2.45, 2.75) is 38.6 Å². The number of carbonyl (C=O) groups excluding carboxylic acids is 2. The van der Waals surface area contributed by atoms with Crippen LogP contribution in [0.2, 0.25) is 0 Å². The summed E-state index contributed by atoms with van der Waals surface area (Å²) >= 11 is 0. The second kappa shape index (κ2) is 7.23. The van der Waals surface area contributed by atoms with Crippen LogP contribution in [0.25, 0.3) is 5.65 Å². The first-order valence-corrected chi connectivity index (χ1v) is 9.28. The minimum Gasteiger partial charge on any atom is -0.348 e. The van der Waals surface area contributed by atoms with Crippen molar-refractivity contribution in [1.29, 1.82) is 0 Å². The van der Waals surface area contributed by atoms with Crippen LogP contribution >= 0.6 is 0 Å². The third-order valence-corrected chi connectivity index (χ3v) is 4.94. The molecule has 1 fully saturated rings. The van der Waals surface area contributed by atoms with Crippen LogP contribution < -0.4 is 10.6 Å².